The van der Waals surface area contributed by atoms with Crippen LogP contribution in [-0.2, 0) is 10.2 Å². The quantitative estimate of drug-likeness (QED) is 0.485. The van der Waals surface area contributed by atoms with Gasteiger partial charge in [-0.15, -0.1) is 24.0 Å². The smallest absolute Gasteiger partial charge is 0.102 e. The summed E-state index contributed by atoms with van der Waals surface area (Å²) < 4.78 is 0.983. The number of rotatable bonds is 7. The molecule has 2 aromatic rings. The second-order valence-electron chi connectivity index (χ2n) is 6.84. The number of halogens is 1. The van der Waals surface area contributed by atoms with Crippen LogP contribution < -0.4 is 5.11 Å². The molecule has 0 unspecified atom stereocenters. The summed E-state index contributed by atoms with van der Waals surface area (Å²) in [5, 5.41) is 20.2. The normalized spacial score (nSPS) is 11.0. The maximum absolute atomic E-state index is 11.5. The zero-order valence-corrected chi connectivity index (χ0v) is 19.1. The van der Waals surface area contributed by atoms with Gasteiger partial charge in [0.05, 0.1) is 38.1 Å². The number of carbonyl (C=O) groups is 1. The van der Waals surface area contributed by atoms with E-state index < -0.39 is 11.4 Å². The minimum absolute atomic E-state index is 0. The number of nitrogens with zero attached hydrogens (tertiary/aromatic N) is 1. The number of aliphatic hydroxyl groups excluding tert-OH is 1. The number of likely N-dealkylation sites (N-methyl/N-ethyl adjacent to an activating group) is 1. The molecule has 0 aliphatic carbocycles. The van der Waals surface area contributed by atoms with Gasteiger partial charge in [-0.2, -0.15) is 0 Å². The minimum atomic E-state index is -1.11. The Morgan fingerprint density at radius 2 is 1.33 bits per heavy atom. The van der Waals surface area contributed by atoms with Gasteiger partial charge >= 0.3 is 0 Å². The molecular weight excluding hydrogens is 453 g/mol. The molecule has 0 aliphatic heterocycles. The SMILES string of the molecule is CC(C(=O)[O-])(c1ccccc1)c1ccccc1.CC[N+](C)(CC)CCO.I. The predicted octanol–water partition coefficient (Wildman–Crippen LogP) is 2.83. The second kappa shape index (κ2) is 12.1. The molecule has 0 saturated heterocycles. The molecule has 0 aromatic heterocycles. The van der Waals surface area contributed by atoms with E-state index >= 15 is 0 Å². The predicted molar refractivity (Wildman–Crippen MR) is 119 cm³/mol. The lowest BCUT2D eigenvalue weighted by Gasteiger charge is -2.31. The second-order valence-corrected chi connectivity index (χ2v) is 6.84. The van der Waals surface area contributed by atoms with Crippen LogP contribution in [0.4, 0.5) is 0 Å². The molecule has 0 amide bonds. The number of carboxylic acid groups (broad SMARTS) is 1. The standard InChI is InChI=1S/C15H14O2.C7H18NO.HI/c1-15(14(16)17,12-8-4-2-5-9-12)13-10-6-3-7-11-13;1-4-8(3,5-2)6-7-9;/h2-11H,1H3,(H,16,17);9H,4-7H2,1-3H3;1H/q;+1;/p-1. The van der Waals surface area contributed by atoms with Crippen LogP contribution in [0.15, 0.2) is 60.7 Å². The van der Waals surface area contributed by atoms with Crippen molar-refractivity contribution in [2.24, 2.45) is 0 Å². The molecule has 2 aromatic carbocycles. The Balaban J connectivity index is 0.000000584. The van der Waals surface area contributed by atoms with Crippen molar-refractivity contribution in [3.8, 4) is 0 Å². The number of carboxylic acids is 1. The van der Waals surface area contributed by atoms with Crippen LogP contribution in [0.3, 0.4) is 0 Å². The Morgan fingerprint density at radius 3 is 1.56 bits per heavy atom. The fourth-order valence-electron chi connectivity index (χ4n) is 2.73. The van der Waals surface area contributed by atoms with E-state index in [0.29, 0.717) is 6.61 Å². The largest absolute Gasteiger partial charge is 0.549 e. The summed E-state index contributed by atoms with van der Waals surface area (Å²) in [6, 6.07) is 18.3. The summed E-state index contributed by atoms with van der Waals surface area (Å²) >= 11 is 0. The molecule has 27 heavy (non-hydrogen) atoms. The van der Waals surface area contributed by atoms with Crippen molar-refractivity contribution >= 4 is 29.9 Å². The molecule has 0 fully saturated rings. The van der Waals surface area contributed by atoms with Gasteiger partial charge in [0.2, 0.25) is 0 Å². The fraction of sp³-hybridized carbons (Fsp3) is 0.409. The van der Waals surface area contributed by atoms with Crippen LogP contribution in [0.2, 0.25) is 0 Å². The van der Waals surface area contributed by atoms with Crippen molar-refractivity contribution in [3.05, 3.63) is 71.8 Å². The van der Waals surface area contributed by atoms with Crippen molar-refractivity contribution < 1.29 is 19.5 Å². The number of hydrogen-bond donors (Lipinski definition) is 1. The molecule has 0 heterocycles. The van der Waals surface area contributed by atoms with Crippen LogP contribution >= 0.6 is 24.0 Å². The number of aliphatic hydroxyl groups is 1. The Labute approximate surface area is 180 Å². The van der Waals surface area contributed by atoms with Gasteiger partial charge in [-0.05, 0) is 31.9 Å². The maximum atomic E-state index is 11.5. The highest BCUT2D eigenvalue weighted by molar-refractivity contribution is 14.0. The van der Waals surface area contributed by atoms with Crippen LogP contribution in [0.5, 0.6) is 0 Å². The van der Waals surface area contributed by atoms with Crippen LogP contribution in [0.1, 0.15) is 31.9 Å². The summed E-state index contributed by atoms with van der Waals surface area (Å²) in [6.45, 7) is 9.38. The summed E-state index contributed by atoms with van der Waals surface area (Å²) in [5.41, 5.74) is 0.347. The van der Waals surface area contributed by atoms with Crippen LogP contribution in [0.25, 0.3) is 0 Å². The van der Waals surface area contributed by atoms with Crippen LogP contribution in [0, 0.1) is 0 Å². The first-order valence-electron chi connectivity index (χ1n) is 9.11. The monoisotopic (exact) mass is 485 g/mol. The van der Waals surface area contributed by atoms with Crippen molar-refractivity contribution in [2.75, 3.05) is 33.3 Å². The zero-order chi connectivity index (χ0) is 19.6. The topological polar surface area (TPSA) is 60.4 Å². The van der Waals surface area contributed by atoms with E-state index in [1.807, 2.05) is 60.7 Å². The number of hydrogen-bond acceptors (Lipinski definition) is 3. The van der Waals surface area contributed by atoms with Gasteiger partial charge in [-0.3, -0.25) is 0 Å². The van der Waals surface area contributed by atoms with E-state index in [9.17, 15) is 9.90 Å². The number of quaternary nitrogens is 1. The molecule has 2 rings (SSSR count). The molecule has 0 radical (unpaired) electrons. The number of aliphatic carboxylic acids is 1. The Morgan fingerprint density at radius 1 is 0.963 bits per heavy atom. The van der Waals surface area contributed by atoms with Crippen molar-refractivity contribution in [1.82, 2.24) is 0 Å². The molecule has 0 bridgehead atoms. The molecule has 0 saturated carbocycles. The molecule has 4 nitrogen and oxygen atoms in total. The summed E-state index contributed by atoms with van der Waals surface area (Å²) in [4.78, 5) is 11.5. The van der Waals surface area contributed by atoms with Gasteiger partial charge in [-0.25, -0.2) is 0 Å². The van der Waals surface area contributed by atoms with E-state index in [4.69, 9.17) is 5.11 Å². The fourth-order valence-corrected chi connectivity index (χ4v) is 2.73. The van der Waals surface area contributed by atoms with Crippen molar-refractivity contribution in [3.63, 3.8) is 0 Å². The van der Waals surface area contributed by atoms with Gasteiger partial charge in [0.1, 0.15) is 6.54 Å². The highest BCUT2D eigenvalue weighted by Crippen LogP contribution is 2.31. The number of carbonyl (C=O) groups excluding carboxylic acids is 1. The molecule has 0 spiro atoms. The Bertz CT molecular complexity index is 618. The van der Waals surface area contributed by atoms with Gasteiger partial charge in [0, 0.05) is 0 Å². The number of benzene rings is 2. The van der Waals surface area contributed by atoms with Gasteiger partial charge in [0.15, 0.2) is 0 Å². The highest BCUT2D eigenvalue weighted by Gasteiger charge is 2.30. The minimum Gasteiger partial charge on any atom is -0.549 e. The third-order valence-electron chi connectivity index (χ3n) is 5.28. The highest BCUT2D eigenvalue weighted by atomic mass is 127. The lowest BCUT2D eigenvalue weighted by atomic mass is 9.76. The molecule has 5 heteroatoms. The average molecular weight is 485 g/mol. The molecular formula is C22H32INO3. The lowest BCUT2D eigenvalue weighted by molar-refractivity contribution is -0.906. The van der Waals surface area contributed by atoms with E-state index in [2.05, 4.69) is 20.9 Å². The van der Waals surface area contributed by atoms with Gasteiger partial charge in [0.25, 0.3) is 0 Å². The first-order chi connectivity index (χ1) is 12.3. The summed E-state index contributed by atoms with van der Waals surface area (Å²) in [5.74, 6) is -1.09. The average Bonchev–Trinajstić information content (AvgIpc) is 2.69. The van der Waals surface area contributed by atoms with Crippen LogP contribution in [-0.4, -0.2) is 48.8 Å². The first-order valence-corrected chi connectivity index (χ1v) is 9.11. The van der Waals surface area contributed by atoms with E-state index in [1.165, 1.54) is 0 Å². The van der Waals surface area contributed by atoms with Crippen molar-refractivity contribution in [2.45, 2.75) is 26.2 Å². The van der Waals surface area contributed by atoms with Gasteiger partial charge < -0.3 is 19.5 Å². The zero-order valence-electron chi connectivity index (χ0n) is 16.7. The maximum Gasteiger partial charge on any atom is 0.102 e. The molecule has 0 aliphatic rings. The van der Waals surface area contributed by atoms with E-state index in [0.717, 1.165) is 35.2 Å². The lowest BCUT2D eigenvalue weighted by Crippen LogP contribution is -2.45. The third-order valence-corrected chi connectivity index (χ3v) is 5.28. The summed E-state index contributed by atoms with van der Waals surface area (Å²) in [6.07, 6.45) is 0. The van der Waals surface area contributed by atoms with Gasteiger partial charge in [-0.1, -0.05) is 60.7 Å². The summed E-state index contributed by atoms with van der Waals surface area (Å²) in [7, 11) is 2.16. The van der Waals surface area contributed by atoms with E-state index in [-0.39, 0.29) is 24.0 Å². The Hall–Kier alpha value is -1.44. The molecule has 1 N–H and O–H groups in total. The molecule has 150 valence electrons. The Kier molecular flexibility index (Phi) is 11.5. The van der Waals surface area contributed by atoms with Crippen molar-refractivity contribution in [1.29, 1.82) is 0 Å². The van der Waals surface area contributed by atoms with E-state index in [1.54, 1.807) is 6.92 Å². The third kappa shape index (κ3) is 6.90. The molecule has 0 atom stereocenters. The first kappa shape index (κ1) is 25.6.